The van der Waals surface area contributed by atoms with Crippen LogP contribution in [0.25, 0.3) is 11.0 Å². The van der Waals surface area contributed by atoms with E-state index in [4.69, 9.17) is 0 Å². The average Bonchev–Trinajstić information content (AvgIpc) is 3.32. The van der Waals surface area contributed by atoms with Crippen molar-refractivity contribution in [1.82, 2.24) is 19.9 Å². The van der Waals surface area contributed by atoms with Gasteiger partial charge < -0.3 is 5.32 Å². The van der Waals surface area contributed by atoms with Gasteiger partial charge in [-0.25, -0.2) is 9.97 Å². The van der Waals surface area contributed by atoms with Crippen LogP contribution in [0.5, 0.6) is 0 Å². The van der Waals surface area contributed by atoms with Gasteiger partial charge in [0.15, 0.2) is 10.8 Å². The SMILES string of the molecule is C=CCn1c(SCC(=O)N[C@@H](C)[C@@H]2C[C@H]3CC[C@H]2C3)nc2ncccc2c1=O. The molecule has 1 amide bonds. The number of nitrogens with one attached hydrogen (secondary N) is 1. The number of pyridine rings is 1. The number of thioether (sulfide) groups is 1. The van der Waals surface area contributed by atoms with Crippen LogP contribution in [-0.4, -0.2) is 32.2 Å². The first kappa shape index (κ1) is 19.2. The lowest BCUT2D eigenvalue weighted by atomic mass is 9.84. The summed E-state index contributed by atoms with van der Waals surface area (Å²) >= 11 is 1.28. The van der Waals surface area contributed by atoms with Crippen LogP contribution in [-0.2, 0) is 11.3 Å². The van der Waals surface area contributed by atoms with E-state index in [0.29, 0.717) is 28.7 Å². The molecule has 2 aromatic heterocycles. The Morgan fingerprint density at radius 2 is 2.32 bits per heavy atom. The lowest BCUT2D eigenvalue weighted by Crippen LogP contribution is -2.41. The van der Waals surface area contributed by atoms with Crippen LogP contribution in [0.15, 0.2) is 40.9 Å². The predicted octanol–water partition coefficient (Wildman–Crippen LogP) is 3.01. The van der Waals surface area contributed by atoms with Crippen molar-refractivity contribution in [3.05, 3.63) is 41.3 Å². The van der Waals surface area contributed by atoms with Crippen LogP contribution < -0.4 is 10.9 Å². The van der Waals surface area contributed by atoms with Crippen molar-refractivity contribution in [3.8, 4) is 0 Å². The second-order valence-electron chi connectivity index (χ2n) is 7.96. The molecule has 0 spiro atoms. The molecule has 148 valence electrons. The summed E-state index contributed by atoms with van der Waals surface area (Å²) in [6.45, 7) is 6.20. The summed E-state index contributed by atoms with van der Waals surface area (Å²) in [5, 5.41) is 4.14. The largest absolute Gasteiger partial charge is 0.353 e. The van der Waals surface area contributed by atoms with Crippen LogP contribution in [0.2, 0.25) is 0 Å². The van der Waals surface area contributed by atoms with Gasteiger partial charge in [0.2, 0.25) is 5.91 Å². The molecular formula is C21H26N4O2S. The Balaban J connectivity index is 1.44. The third-order valence-electron chi connectivity index (χ3n) is 6.16. The van der Waals surface area contributed by atoms with E-state index in [9.17, 15) is 9.59 Å². The van der Waals surface area contributed by atoms with Gasteiger partial charge in [0, 0.05) is 18.8 Å². The second kappa shape index (κ2) is 8.07. The molecule has 7 heteroatoms. The summed E-state index contributed by atoms with van der Waals surface area (Å²) in [5.74, 6) is 2.47. The summed E-state index contributed by atoms with van der Waals surface area (Å²) in [6.07, 6.45) is 8.53. The minimum atomic E-state index is -0.156. The molecule has 2 aliphatic rings. The highest BCUT2D eigenvalue weighted by atomic mass is 32.2. The van der Waals surface area contributed by atoms with Gasteiger partial charge in [-0.15, -0.1) is 6.58 Å². The molecule has 0 unspecified atom stereocenters. The molecule has 4 atom stereocenters. The van der Waals surface area contributed by atoms with Gasteiger partial charge in [-0.05, 0) is 56.1 Å². The molecule has 0 radical (unpaired) electrons. The van der Waals surface area contributed by atoms with Gasteiger partial charge in [0.05, 0.1) is 11.1 Å². The zero-order chi connectivity index (χ0) is 19.7. The number of allylic oxidation sites excluding steroid dienone is 1. The lowest BCUT2D eigenvalue weighted by molar-refractivity contribution is -0.119. The fourth-order valence-corrected chi connectivity index (χ4v) is 5.68. The van der Waals surface area contributed by atoms with Crippen molar-refractivity contribution in [2.45, 2.75) is 50.4 Å². The van der Waals surface area contributed by atoms with E-state index in [0.717, 1.165) is 11.8 Å². The van der Waals surface area contributed by atoms with Crippen molar-refractivity contribution in [3.63, 3.8) is 0 Å². The number of rotatable bonds is 7. The molecule has 2 fully saturated rings. The molecule has 0 aliphatic heterocycles. The Bertz CT molecular complexity index is 957. The zero-order valence-corrected chi connectivity index (χ0v) is 17.0. The highest BCUT2D eigenvalue weighted by Crippen LogP contribution is 2.49. The quantitative estimate of drug-likeness (QED) is 0.441. The molecule has 0 saturated heterocycles. The van der Waals surface area contributed by atoms with Gasteiger partial charge >= 0.3 is 0 Å². The highest BCUT2D eigenvalue weighted by Gasteiger charge is 2.42. The van der Waals surface area contributed by atoms with E-state index in [-0.39, 0.29) is 23.3 Å². The maximum absolute atomic E-state index is 12.7. The molecule has 2 saturated carbocycles. The predicted molar refractivity (Wildman–Crippen MR) is 111 cm³/mol. The lowest BCUT2D eigenvalue weighted by Gasteiger charge is -2.28. The first-order chi connectivity index (χ1) is 13.6. The normalized spacial score (nSPS) is 24.4. The number of nitrogens with zero attached hydrogens (tertiary/aromatic N) is 3. The van der Waals surface area contributed by atoms with E-state index >= 15 is 0 Å². The molecule has 1 N–H and O–H groups in total. The number of aromatic nitrogens is 3. The molecule has 28 heavy (non-hydrogen) atoms. The minimum absolute atomic E-state index is 0.0132. The summed E-state index contributed by atoms with van der Waals surface area (Å²) in [7, 11) is 0. The smallest absolute Gasteiger partial charge is 0.263 e. The van der Waals surface area contributed by atoms with Crippen molar-refractivity contribution in [1.29, 1.82) is 0 Å². The van der Waals surface area contributed by atoms with Crippen molar-refractivity contribution >= 4 is 28.7 Å². The monoisotopic (exact) mass is 398 g/mol. The summed E-state index contributed by atoms with van der Waals surface area (Å²) < 4.78 is 1.55. The van der Waals surface area contributed by atoms with Crippen LogP contribution in [0.3, 0.4) is 0 Å². The average molecular weight is 399 g/mol. The number of hydrogen-bond acceptors (Lipinski definition) is 5. The highest BCUT2D eigenvalue weighted by molar-refractivity contribution is 7.99. The molecule has 4 rings (SSSR count). The summed E-state index contributed by atoms with van der Waals surface area (Å²) in [4.78, 5) is 33.9. The fraction of sp³-hybridized carbons (Fsp3) is 0.524. The number of fused-ring (bicyclic) bond motifs is 3. The Morgan fingerprint density at radius 1 is 1.46 bits per heavy atom. The second-order valence-corrected chi connectivity index (χ2v) is 8.90. The van der Waals surface area contributed by atoms with Gasteiger partial charge in [-0.3, -0.25) is 14.2 Å². The Morgan fingerprint density at radius 3 is 3.04 bits per heavy atom. The standard InChI is InChI=1S/C21H26N4O2S/c1-3-9-25-20(27)16-5-4-8-22-19(16)24-21(25)28-12-18(26)23-13(2)17-11-14-6-7-15(17)10-14/h3-5,8,13-15,17H,1,6-7,9-12H2,2H3,(H,23,26)/t13-,14-,15-,17-/m0/s1. The first-order valence-corrected chi connectivity index (χ1v) is 10.9. The van der Waals surface area contributed by atoms with Gasteiger partial charge in [0.25, 0.3) is 5.56 Å². The first-order valence-electron chi connectivity index (χ1n) is 9.95. The number of carbonyl (C=O) groups excluding carboxylic acids is 1. The van der Waals surface area contributed by atoms with E-state index < -0.39 is 0 Å². The molecule has 2 bridgehead atoms. The van der Waals surface area contributed by atoms with E-state index in [1.54, 1.807) is 29.0 Å². The van der Waals surface area contributed by atoms with Crippen LogP contribution in [0.1, 0.15) is 32.6 Å². The Labute approximate surface area is 168 Å². The molecule has 6 nitrogen and oxygen atoms in total. The molecule has 0 aromatic carbocycles. The Hall–Kier alpha value is -2.15. The molecule has 2 aromatic rings. The maximum Gasteiger partial charge on any atom is 0.263 e. The molecule has 2 aliphatic carbocycles. The zero-order valence-electron chi connectivity index (χ0n) is 16.1. The van der Waals surface area contributed by atoms with Gasteiger partial charge in [0.1, 0.15) is 0 Å². The van der Waals surface area contributed by atoms with E-state index in [2.05, 4.69) is 28.8 Å². The van der Waals surface area contributed by atoms with Crippen molar-refractivity contribution in [2.75, 3.05) is 5.75 Å². The summed E-state index contributed by atoms with van der Waals surface area (Å²) in [5.41, 5.74) is 0.252. The van der Waals surface area contributed by atoms with Crippen LogP contribution in [0.4, 0.5) is 0 Å². The van der Waals surface area contributed by atoms with Crippen molar-refractivity contribution < 1.29 is 4.79 Å². The fourth-order valence-electron chi connectivity index (χ4n) is 4.88. The minimum Gasteiger partial charge on any atom is -0.353 e. The number of carbonyl (C=O) groups is 1. The van der Waals surface area contributed by atoms with Gasteiger partial charge in [-0.1, -0.05) is 24.3 Å². The maximum atomic E-state index is 12.7. The van der Waals surface area contributed by atoms with E-state index in [1.165, 1.54) is 37.4 Å². The van der Waals surface area contributed by atoms with Crippen molar-refractivity contribution in [2.24, 2.45) is 17.8 Å². The molecular weight excluding hydrogens is 372 g/mol. The number of hydrogen-bond donors (Lipinski definition) is 1. The van der Waals surface area contributed by atoms with E-state index in [1.807, 2.05) is 0 Å². The topological polar surface area (TPSA) is 76.9 Å². The van der Waals surface area contributed by atoms with Gasteiger partial charge in [-0.2, -0.15) is 0 Å². The van der Waals surface area contributed by atoms with Crippen LogP contribution in [0, 0.1) is 17.8 Å². The third-order valence-corrected chi connectivity index (χ3v) is 7.14. The van der Waals surface area contributed by atoms with Crippen LogP contribution >= 0.6 is 11.8 Å². The Kier molecular flexibility index (Phi) is 5.53. The summed E-state index contributed by atoms with van der Waals surface area (Å²) in [6, 6.07) is 3.64. The molecule has 2 heterocycles. The number of amides is 1. The third kappa shape index (κ3) is 3.72.